The van der Waals surface area contributed by atoms with Crippen molar-refractivity contribution < 1.29 is 8.78 Å². The van der Waals surface area contributed by atoms with E-state index in [0.717, 1.165) is 25.9 Å². The molecule has 1 saturated heterocycles. The van der Waals surface area contributed by atoms with Crippen LogP contribution in [-0.2, 0) is 0 Å². The van der Waals surface area contributed by atoms with Crippen LogP contribution in [0.5, 0.6) is 0 Å². The summed E-state index contributed by atoms with van der Waals surface area (Å²) in [5, 5.41) is 0. The van der Waals surface area contributed by atoms with Gasteiger partial charge in [0.15, 0.2) is 0 Å². The quantitative estimate of drug-likeness (QED) is 0.574. The Morgan fingerprint density at radius 3 is 2.20 bits per heavy atom. The molecule has 0 aromatic rings. The molecule has 0 N–H and O–H groups in total. The number of halogens is 2. The fourth-order valence-corrected chi connectivity index (χ4v) is 1.27. The monoisotopic (exact) mass is 148 g/mol. The Morgan fingerprint density at radius 1 is 1.30 bits per heavy atom. The highest BCUT2D eigenvalue weighted by Gasteiger charge is 2.26. The maximum atomic E-state index is 12.2. The van der Waals surface area contributed by atoms with Crippen LogP contribution in [0.1, 0.15) is 12.8 Å². The minimum absolute atomic E-state index is 0.174. The Balaban J connectivity index is 2.24. The van der Waals surface area contributed by atoms with E-state index in [9.17, 15) is 8.78 Å². The van der Waals surface area contributed by atoms with Crippen molar-refractivity contribution in [2.24, 2.45) is 0 Å². The molecule has 1 rings (SSSR count). The average Bonchev–Trinajstić information content (AvgIpc) is 2.12. The summed E-state index contributed by atoms with van der Waals surface area (Å²) in [5.41, 5.74) is 0. The van der Waals surface area contributed by atoms with E-state index in [2.05, 4.69) is 6.92 Å². The van der Waals surface area contributed by atoms with Crippen molar-refractivity contribution >= 4 is 0 Å². The molecule has 1 heterocycles. The predicted octanol–water partition coefficient (Wildman–Crippen LogP) is 1.55. The Morgan fingerprint density at radius 2 is 1.80 bits per heavy atom. The lowest BCUT2D eigenvalue weighted by Crippen LogP contribution is -2.32. The van der Waals surface area contributed by atoms with Crippen LogP contribution in [0.3, 0.4) is 0 Å². The molecule has 0 unspecified atom stereocenters. The van der Waals surface area contributed by atoms with Crippen LogP contribution in [0, 0.1) is 6.92 Å². The summed E-state index contributed by atoms with van der Waals surface area (Å²) >= 11 is 0. The summed E-state index contributed by atoms with van der Waals surface area (Å²) in [6, 6.07) is 0. The second-order valence-corrected chi connectivity index (χ2v) is 2.84. The molecule has 59 valence electrons. The molecule has 0 atom stereocenters. The molecule has 1 aliphatic heterocycles. The molecule has 0 spiro atoms. The second kappa shape index (κ2) is 2.82. The topological polar surface area (TPSA) is 3.24 Å². The molecular formula is C7H12F2N. The van der Waals surface area contributed by atoms with Gasteiger partial charge in [-0.1, -0.05) is 0 Å². The van der Waals surface area contributed by atoms with Gasteiger partial charge in [0.1, 0.15) is 0 Å². The number of nitrogens with zero attached hydrogens (tertiary/aromatic N) is 1. The van der Waals surface area contributed by atoms with Crippen LogP contribution >= 0.6 is 0 Å². The molecule has 1 aliphatic rings. The third-order valence-electron chi connectivity index (χ3n) is 1.65. The van der Waals surface area contributed by atoms with E-state index < -0.39 is 5.92 Å². The SMILES string of the molecule is [CH2]C(F)(F)CN1CCCC1. The van der Waals surface area contributed by atoms with Crippen LogP contribution < -0.4 is 0 Å². The van der Waals surface area contributed by atoms with Gasteiger partial charge in [0, 0.05) is 6.92 Å². The van der Waals surface area contributed by atoms with Gasteiger partial charge in [0.2, 0.25) is 0 Å². The van der Waals surface area contributed by atoms with Crippen LogP contribution in [0.25, 0.3) is 0 Å². The van der Waals surface area contributed by atoms with E-state index in [1.165, 1.54) is 0 Å². The largest absolute Gasteiger partial charge is 0.297 e. The van der Waals surface area contributed by atoms with Crippen molar-refractivity contribution in [1.82, 2.24) is 4.90 Å². The minimum Gasteiger partial charge on any atom is -0.297 e. The molecule has 1 radical (unpaired) electrons. The Kier molecular flexibility index (Phi) is 2.24. The molecule has 10 heavy (non-hydrogen) atoms. The second-order valence-electron chi connectivity index (χ2n) is 2.84. The Hall–Kier alpha value is -0.180. The van der Waals surface area contributed by atoms with Crippen LogP contribution in [-0.4, -0.2) is 30.5 Å². The van der Waals surface area contributed by atoms with Gasteiger partial charge in [-0.2, -0.15) is 0 Å². The third-order valence-corrected chi connectivity index (χ3v) is 1.65. The zero-order valence-electron chi connectivity index (χ0n) is 5.95. The Bertz CT molecular complexity index is 103. The van der Waals surface area contributed by atoms with E-state index in [1.54, 1.807) is 4.90 Å². The van der Waals surface area contributed by atoms with Crippen LogP contribution in [0.2, 0.25) is 0 Å². The summed E-state index contributed by atoms with van der Waals surface area (Å²) < 4.78 is 24.4. The highest BCUT2D eigenvalue weighted by Crippen LogP contribution is 2.16. The number of hydrogen-bond acceptors (Lipinski definition) is 1. The molecule has 0 aromatic carbocycles. The molecule has 1 nitrogen and oxygen atoms in total. The van der Waals surface area contributed by atoms with Crippen molar-refractivity contribution in [1.29, 1.82) is 0 Å². The van der Waals surface area contributed by atoms with Gasteiger partial charge >= 0.3 is 0 Å². The number of hydrogen-bond donors (Lipinski definition) is 0. The van der Waals surface area contributed by atoms with Crippen LogP contribution in [0.4, 0.5) is 8.78 Å². The predicted molar refractivity (Wildman–Crippen MR) is 36.0 cm³/mol. The highest BCUT2D eigenvalue weighted by atomic mass is 19.3. The first-order chi connectivity index (χ1) is 4.58. The first-order valence-corrected chi connectivity index (χ1v) is 3.53. The molecule has 1 fully saturated rings. The van der Waals surface area contributed by atoms with Gasteiger partial charge in [-0.25, -0.2) is 8.78 Å². The highest BCUT2D eigenvalue weighted by molar-refractivity contribution is 4.76. The summed E-state index contributed by atoms with van der Waals surface area (Å²) in [6.45, 7) is 4.21. The van der Waals surface area contributed by atoms with Crippen molar-refractivity contribution in [2.45, 2.75) is 18.8 Å². The van der Waals surface area contributed by atoms with Crippen molar-refractivity contribution in [3.63, 3.8) is 0 Å². The van der Waals surface area contributed by atoms with Crippen molar-refractivity contribution in [3.8, 4) is 0 Å². The van der Waals surface area contributed by atoms with Gasteiger partial charge in [0.05, 0.1) is 6.54 Å². The van der Waals surface area contributed by atoms with Gasteiger partial charge in [-0.05, 0) is 25.9 Å². The number of likely N-dealkylation sites (tertiary alicyclic amines) is 1. The first kappa shape index (κ1) is 7.92. The lowest BCUT2D eigenvalue weighted by Gasteiger charge is -2.18. The zero-order valence-corrected chi connectivity index (χ0v) is 5.95. The lowest BCUT2D eigenvalue weighted by molar-refractivity contribution is 0.0175. The van der Waals surface area contributed by atoms with Crippen molar-refractivity contribution in [2.75, 3.05) is 19.6 Å². The standard InChI is InChI=1S/C7H12F2N/c1-7(8,9)6-10-4-2-3-5-10/h1-6H2. The van der Waals surface area contributed by atoms with E-state index in [1.807, 2.05) is 0 Å². The Labute approximate surface area is 60.0 Å². The van der Waals surface area contributed by atoms with E-state index in [4.69, 9.17) is 0 Å². The van der Waals surface area contributed by atoms with E-state index in [-0.39, 0.29) is 6.54 Å². The molecule has 0 bridgehead atoms. The normalized spacial score (nSPS) is 21.9. The molecule has 0 saturated carbocycles. The molecule has 0 amide bonds. The first-order valence-electron chi connectivity index (χ1n) is 3.53. The molecule has 0 aromatic heterocycles. The summed E-state index contributed by atoms with van der Waals surface area (Å²) in [4.78, 5) is 1.76. The third kappa shape index (κ3) is 2.60. The number of rotatable bonds is 2. The summed E-state index contributed by atoms with van der Waals surface area (Å²) in [7, 11) is 0. The molecular weight excluding hydrogens is 136 g/mol. The average molecular weight is 148 g/mol. The number of alkyl halides is 2. The van der Waals surface area contributed by atoms with Gasteiger partial charge in [0.25, 0.3) is 5.92 Å². The smallest absolute Gasteiger partial charge is 0.260 e. The van der Waals surface area contributed by atoms with Gasteiger partial charge in [-0.3, -0.25) is 4.90 Å². The molecule has 3 heteroatoms. The molecule has 0 aliphatic carbocycles. The fourth-order valence-electron chi connectivity index (χ4n) is 1.27. The van der Waals surface area contributed by atoms with Gasteiger partial charge in [-0.15, -0.1) is 0 Å². The maximum absolute atomic E-state index is 12.2. The maximum Gasteiger partial charge on any atom is 0.260 e. The lowest BCUT2D eigenvalue weighted by atomic mass is 10.3. The van der Waals surface area contributed by atoms with Gasteiger partial charge < -0.3 is 0 Å². The minimum atomic E-state index is -2.76. The summed E-state index contributed by atoms with van der Waals surface area (Å²) in [6.07, 6.45) is 2.10. The summed E-state index contributed by atoms with van der Waals surface area (Å²) in [5.74, 6) is -2.76. The fraction of sp³-hybridized carbons (Fsp3) is 0.857. The van der Waals surface area contributed by atoms with E-state index in [0.29, 0.717) is 0 Å². The zero-order chi connectivity index (χ0) is 7.61. The van der Waals surface area contributed by atoms with Crippen LogP contribution in [0.15, 0.2) is 0 Å². The van der Waals surface area contributed by atoms with Crippen molar-refractivity contribution in [3.05, 3.63) is 6.92 Å². The van der Waals surface area contributed by atoms with E-state index >= 15 is 0 Å².